The second kappa shape index (κ2) is 7.50. The van der Waals surface area contributed by atoms with Gasteiger partial charge >= 0.3 is 6.09 Å². The number of aromatic nitrogens is 1. The Morgan fingerprint density at radius 2 is 2.12 bits per heavy atom. The molecule has 6 nitrogen and oxygen atoms in total. The Labute approximate surface area is 161 Å². The highest BCUT2D eigenvalue weighted by Gasteiger charge is 2.49. The number of pyridine rings is 1. The van der Waals surface area contributed by atoms with E-state index in [0.29, 0.717) is 10.4 Å². The number of nitrogens with zero attached hydrogens (tertiary/aromatic N) is 2. The maximum absolute atomic E-state index is 14.9. The number of ether oxygens (including phenoxy) is 1. The van der Waals surface area contributed by atoms with Gasteiger partial charge < -0.3 is 10.1 Å². The van der Waals surface area contributed by atoms with Gasteiger partial charge in [-0.25, -0.2) is 14.2 Å². The number of alkyl halides is 1. The van der Waals surface area contributed by atoms with Crippen molar-refractivity contribution in [2.24, 2.45) is 0 Å². The largest absolute Gasteiger partial charge is 0.444 e. The Kier molecular flexibility index (Phi) is 5.95. The van der Waals surface area contributed by atoms with E-state index in [4.69, 9.17) is 4.74 Å². The highest BCUT2D eigenvalue weighted by Crippen LogP contribution is 2.35. The first-order valence-electron chi connectivity index (χ1n) is 8.57. The van der Waals surface area contributed by atoms with Gasteiger partial charge in [0.2, 0.25) is 5.91 Å². The topological polar surface area (TPSA) is 71.5 Å². The van der Waals surface area contributed by atoms with Gasteiger partial charge in [0.15, 0.2) is 0 Å². The molecule has 0 bridgehead atoms. The normalized spacial score (nSPS) is 23.0. The molecule has 2 amide bonds. The van der Waals surface area contributed by atoms with Crippen molar-refractivity contribution < 1.29 is 18.7 Å². The fraction of sp³-hybridized carbons (Fsp3) is 0.611. The molecule has 1 aromatic heterocycles. The van der Waals surface area contributed by atoms with Gasteiger partial charge in [-0.05, 0) is 61.7 Å². The number of hydrogen-bond donors (Lipinski definition) is 1. The highest BCUT2D eigenvalue weighted by molar-refractivity contribution is 9.10. The number of nitrogens with one attached hydrogen (secondary N) is 1. The summed E-state index contributed by atoms with van der Waals surface area (Å²) in [6, 6.07) is 2.62. The number of hydrogen-bond acceptors (Lipinski definition) is 4. The number of carbonyl (C=O) groups excluding carboxylic acids is 2. The molecule has 1 aliphatic rings. The number of aryl methyl sites for hydroxylation is 1. The molecule has 1 saturated heterocycles. The van der Waals surface area contributed by atoms with Crippen molar-refractivity contribution in [3.05, 3.63) is 22.3 Å². The number of likely N-dealkylation sites (tertiary alicyclic amines) is 1. The average Bonchev–Trinajstić information content (AvgIpc) is 2.88. The first kappa shape index (κ1) is 20.6. The average molecular weight is 430 g/mol. The Morgan fingerprint density at radius 3 is 2.69 bits per heavy atom. The molecular formula is C18H25BrFN3O3. The number of halogens is 2. The van der Waals surface area contributed by atoms with Gasteiger partial charge in [0.25, 0.3) is 0 Å². The van der Waals surface area contributed by atoms with Gasteiger partial charge in [-0.2, -0.15) is 0 Å². The maximum atomic E-state index is 14.9. The van der Waals surface area contributed by atoms with Crippen molar-refractivity contribution >= 4 is 33.7 Å². The van der Waals surface area contributed by atoms with Crippen molar-refractivity contribution in [1.29, 1.82) is 0 Å². The summed E-state index contributed by atoms with van der Waals surface area (Å²) < 4.78 is 20.8. The van der Waals surface area contributed by atoms with Crippen LogP contribution in [0.25, 0.3) is 0 Å². The summed E-state index contributed by atoms with van der Waals surface area (Å²) in [7, 11) is 0. The number of rotatable bonds is 3. The van der Waals surface area contributed by atoms with Crippen LogP contribution in [0.15, 0.2) is 16.7 Å². The zero-order chi connectivity index (χ0) is 19.7. The molecule has 26 heavy (non-hydrogen) atoms. The molecular weight excluding hydrogens is 405 g/mol. The summed E-state index contributed by atoms with van der Waals surface area (Å²) in [5, 5.41) is 2.71. The van der Waals surface area contributed by atoms with Crippen molar-refractivity contribution in [2.45, 2.75) is 64.8 Å². The van der Waals surface area contributed by atoms with Gasteiger partial charge in [0.05, 0.1) is 6.54 Å². The molecule has 0 aromatic carbocycles. The molecule has 2 rings (SSSR count). The van der Waals surface area contributed by atoms with Crippen LogP contribution < -0.4 is 5.32 Å². The molecule has 144 valence electrons. The predicted molar refractivity (Wildman–Crippen MR) is 101 cm³/mol. The molecule has 2 atom stereocenters. The van der Waals surface area contributed by atoms with Gasteiger partial charge in [-0.15, -0.1) is 0 Å². The zero-order valence-corrected chi connectivity index (χ0v) is 17.3. The lowest BCUT2D eigenvalue weighted by Gasteiger charge is -2.28. The van der Waals surface area contributed by atoms with Crippen molar-refractivity contribution in [1.82, 2.24) is 9.88 Å². The lowest BCUT2D eigenvalue weighted by Crippen LogP contribution is -2.45. The van der Waals surface area contributed by atoms with E-state index >= 15 is 0 Å². The van der Waals surface area contributed by atoms with E-state index in [-0.39, 0.29) is 19.4 Å². The fourth-order valence-electron chi connectivity index (χ4n) is 2.77. The van der Waals surface area contributed by atoms with Crippen LogP contribution in [0.4, 0.5) is 15.0 Å². The Balaban J connectivity index is 2.23. The number of carbonyl (C=O) groups is 2. The van der Waals surface area contributed by atoms with Crippen LogP contribution in [-0.4, -0.2) is 45.7 Å². The molecule has 1 N–H and O–H groups in total. The third kappa shape index (κ3) is 4.93. The minimum Gasteiger partial charge on any atom is -0.444 e. The second-order valence-corrected chi connectivity index (χ2v) is 8.43. The third-order valence-corrected chi connectivity index (χ3v) is 4.70. The van der Waals surface area contributed by atoms with E-state index in [9.17, 15) is 14.0 Å². The Morgan fingerprint density at radius 1 is 1.46 bits per heavy atom. The quantitative estimate of drug-likeness (QED) is 0.729. The van der Waals surface area contributed by atoms with Gasteiger partial charge in [-0.3, -0.25) is 9.69 Å². The van der Waals surface area contributed by atoms with Gasteiger partial charge in [0.1, 0.15) is 27.7 Å². The molecule has 2 heterocycles. The highest BCUT2D eigenvalue weighted by atomic mass is 79.9. The first-order valence-corrected chi connectivity index (χ1v) is 9.36. The van der Waals surface area contributed by atoms with Crippen LogP contribution in [-0.2, 0) is 9.53 Å². The molecule has 0 radical (unpaired) electrons. The standard InChI is InChI=1S/C18H25BrFN3O3/c1-6-18(20)9-12(23(10-18)16(25)26-17(3,4)5)15(24)22-14-11(2)7-8-13(19)21-14/h7-8,12H,6,9-10H2,1-5H3,(H,21,22,24)/t12-,18-/m0/s1. The fourth-order valence-corrected chi connectivity index (χ4v) is 3.08. The third-order valence-electron chi connectivity index (χ3n) is 4.26. The van der Waals surface area contributed by atoms with E-state index < -0.39 is 29.3 Å². The summed E-state index contributed by atoms with van der Waals surface area (Å²) in [5.74, 6) is -0.0982. The SMILES string of the molecule is CC[C@]1(F)C[C@@H](C(=O)Nc2nc(Br)ccc2C)N(C(=O)OC(C)(C)C)C1. The van der Waals surface area contributed by atoms with Crippen LogP contribution in [0.1, 0.15) is 46.1 Å². The molecule has 0 aliphatic carbocycles. The summed E-state index contributed by atoms with van der Waals surface area (Å²) in [6.45, 7) is 8.53. The zero-order valence-electron chi connectivity index (χ0n) is 15.7. The predicted octanol–water partition coefficient (Wildman–Crippen LogP) is 4.22. The Bertz CT molecular complexity index is 707. The van der Waals surface area contributed by atoms with E-state index in [1.54, 1.807) is 46.8 Å². The minimum atomic E-state index is -1.61. The molecule has 0 saturated carbocycles. The monoisotopic (exact) mass is 429 g/mol. The first-order chi connectivity index (χ1) is 11.9. The van der Waals surface area contributed by atoms with E-state index in [2.05, 4.69) is 26.2 Å². The lowest BCUT2D eigenvalue weighted by atomic mass is 9.99. The molecule has 1 fully saturated rings. The smallest absolute Gasteiger partial charge is 0.411 e. The van der Waals surface area contributed by atoms with Crippen LogP contribution in [0, 0.1) is 6.92 Å². The van der Waals surface area contributed by atoms with Crippen LogP contribution in [0.5, 0.6) is 0 Å². The summed E-state index contributed by atoms with van der Waals surface area (Å²) in [5.41, 5.74) is -1.57. The number of anilines is 1. The van der Waals surface area contributed by atoms with Crippen molar-refractivity contribution in [3.8, 4) is 0 Å². The van der Waals surface area contributed by atoms with Crippen molar-refractivity contribution in [2.75, 3.05) is 11.9 Å². The molecule has 1 aromatic rings. The summed E-state index contributed by atoms with van der Waals surface area (Å²) in [4.78, 5) is 30.7. The second-order valence-electron chi connectivity index (χ2n) is 7.62. The van der Waals surface area contributed by atoms with E-state index in [0.717, 1.165) is 5.56 Å². The lowest BCUT2D eigenvalue weighted by molar-refractivity contribution is -0.120. The summed E-state index contributed by atoms with van der Waals surface area (Å²) in [6.07, 6.45) is -0.546. The van der Waals surface area contributed by atoms with Gasteiger partial charge in [-0.1, -0.05) is 13.0 Å². The van der Waals surface area contributed by atoms with Crippen LogP contribution in [0.2, 0.25) is 0 Å². The molecule has 0 spiro atoms. The maximum Gasteiger partial charge on any atom is 0.411 e. The van der Waals surface area contributed by atoms with Crippen LogP contribution in [0.3, 0.4) is 0 Å². The molecule has 0 unspecified atom stereocenters. The number of amides is 2. The van der Waals surface area contributed by atoms with Crippen molar-refractivity contribution in [3.63, 3.8) is 0 Å². The molecule has 8 heteroatoms. The van der Waals surface area contributed by atoms with Crippen LogP contribution >= 0.6 is 15.9 Å². The van der Waals surface area contributed by atoms with Gasteiger partial charge in [0, 0.05) is 6.42 Å². The van der Waals surface area contributed by atoms with E-state index in [1.807, 2.05) is 0 Å². The summed E-state index contributed by atoms with van der Waals surface area (Å²) >= 11 is 3.26. The molecule has 1 aliphatic heterocycles. The van der Waals surface area contributed by atoms with E-state index in [1.165, 1.54) is 4.90 Å². The Hall–Kier alpha value is -1.70. The minimum absolute atomic E-state index is 0.0678.